The molecule has 6 atom stereocenters. The number of rotatable bonds is 6. The molecule has 0 bridgehead atoms. The molecule has 54 heavy (non-hydrogen) atoms. The number of carbonyl (C=O) groups is 4. The number of phenols is 1. The number of imide groups is 2. The molecule has 2 heterocycles. The van der Waals surface area contributed by atoms with Gasteiger partial charge in [-0.15, -0.1) is 0 Å². The lowest BCUT2D eigenvalue weighted by Gasteiger charge is -2.51. The zero-order valence-electron chi connectivity index (χ0n) is 28.7. The van der Waals surface area contributed by atoms with Gasteiger partial charge in [0.2, 0.25) is 23.6 Å². The highest BCUT2D eigenvalue weighted by molar-refractivity contribution is 6.33. The van der Waals surface area contributed by atoms with E-state index in [9.17, 15) is 19.5 Å². The number of carbonyl (C=O) groups excluding carboxylic acids is 4. The highest BCUT2D eigenvalue weighted by atomic mass is 35.5. The van der Waals surface area contributed by atoms with Gasteiger partial charge in [0.15, 0.2) is 0 Å². The molecule has 4 aliphatic rings. The summed E-state index contributed by atoms with van der Waals surface area (Å²) in [5.74, 6) is -5.24. The largest absolute Gasteiger partial charge is 0.508 e. The third kappa shape index (κ3) is 5.11. The van der Waals surface area contributed by atoms with E-state index < -0.39 is 46.8 Å². The second kappa shape index (κ2) is 13.0. The van der Waals surface area contributed by atoms with E-state index in [2.05, 4.69) is 5.32 Å². The molecule has 8 nitrogen and oxygen atoms in total. The van der Waals surface area contributed by atoms with Crippen molar-refractivity contribution in [2.24, 2.45) is 23.7 Å². The van der Waals surface area contributed by atoms with Crippen molar-refractivity contribution in [3.8, 4) is 5.75 Å². The molecule has 5 aromatic carbocycles. The Kier molecular flexibility index (Phi) is 8.21. The molecule has 5 aromatic rings. The summed E-state index contributed by atoms with van der Waals surface area (Å²) in [7, 11) is 0. The topological polar surface area (TPSA) is 107 Å². The molecule has 3 fully saturated rings. The first-order valence-corrected chi connectivity index (χ1v) is 18.6. The summed E-state index contributed by atoms with van der Waals surface area (Å²) in [6.45, 7) is 0. The Morgan fingerprint density at radius 1 is 0.667 bits per heavy atom. The van der Waals surface area contributed by atoms with Crippen LogP contribution in [0.2, 0.25) is 10.0 Å². The van der Waals surface area contributed by atoms with Crippen molar-refractivity contribution in [1.29, 1.82) is 0 Å². The number of fused-ring (bicyclic) bond motifs is 4. The minimum Gasteiger partial charge on any atom is -0.508 e. The lowest BCUT2D eigenvalue weighted by molar-refractivity contribution is -0.127. The first-order valence-electron chi connectivity index (χ1n) is 17.9. The van der Waals surface area contributed by atoms with Crippen LogP contribution in [0.15, 0.2) is 139 Å². The Morgan fingerprint density at radius 2 is 1.37 bits per heavy atom. The maximum Gasteiger partial charge on any atom is 0.246 e. The molecule has 10 heteroatoms. The number of halogens is 2. The van der Waals surface area contributed by atoms with Gasteiger partial charge in [-0.25, -0.2) is 4.90 Å². The molecule has 0 spiro atoms. The predicted molar refractivity (Wildman–Crippen MR) is 208 cm³/mol. The summed E-state index contributed by atoms with van der Waals surface area (Å²) in [4.78, 5) is 61.7. The number of hydrogen-bond acceptors (Lipinski definition) is 6. The van der Waals surface area contributed by atoms with Crippen LogP contribution in [-0.2, 0) is 24.6 Å². The Balaban J connectivity index is 1.17. The third-order valence-electron chi connectivity index (χ3n) is 11.7. The lowest BCUT2D eigenvalue weighted by Crippen LogP contribution is -2.53. The summed E-state index contributed by atoms with van der Waals surface area (Å²) in [5.41, 5.74) is 3.01. The minimum absolute atomic E-state index is 0.0503. The number of nitrogens with one attached hydrogen (secondary N) is 1. The van der Waals surface area contributed by atoms with Crippen LogP contribution < -0.4 is 15.1 Å². The fraction of sp³-hybridized carbons (Fsp3) is 0.182. The van der Waals surface area contributed by atoms with E-state index in [1.807, 2.05) is 78.9 Å². The molecule has 2 aliphatic heterocycles. The van der Waals surface area contributed by atoms with Gasteiger partial charge >= 0.3 is 0 Å². The maximum absolute atomic E-state index is 15.4. The highest BCUT2D eigenvalue weighted by Gasteiger charge is 2.70. The minimum atomic E-state index is -1.47. The van der Waals surface area contributed by atoms with E-state index >= 15 is 4.79 Å². The molecule has 2 saturated heterocycles. The number of aromatic hydroxyl groups is 1. The zero-order valence-corrected chi connectivity index (χ0v) is 30.2. The first-order chi connectivity index (χ1) is 26.2. The number of amides is 4. The Bertz CT molecular complexity index is 2380. The van der Waals surface area contributed by atoms with Crippen molar-refractivity contribution < 1.29 is 24.3 Å². The molecular weight excluding hydrogens is 721 g/mol. The molecule has 0 aromatic heterocycles. The van der Waals surface area contributed by atoms with Gasteiger partial charge in [-0.1, -0.05) is 95.5 Å². The van der Waals surface area contributed by atoms with Gasteiger partial charge in [-0.05, 0) is 96.6 Å². The van der Waals surface area contributed by atoms with E-state index in [0.717, 1.165) is 16.9 Å². The summed E-state index contributed by atoms with van der Waals surface area (Å²) < 4.78 is 0. The summed E-state index contributed by atoms with van der Waals surface area (Å²) in [6.07, 6.45) is 2.41. The molecule has 4 amide bonds. The van der Waals surface area contributed by atoms with E-state index in [1.165, 1.54) is 21.9 Å². The van der Waals surface area contributed by atoms with Gasteiger partial charge in [0.1, 0.15) is 5.75 Å². The number of allylic oxidation sites excluding steroid dienone is 2. The molecule has 1 saturated carbocycles. The van der Waals surface area contributed by atoms with Crippen LogP contribution in [0, 0.1) is 23.7 Å². The molecular formula is C44H33Cl2N3O5. The number of para-hydroxylation sites is 1. The van der Waals surface area contributed by atoms with Gasteiger partial charge in [0.05, 0.1) is 34.5 Å². The zero-order chi connectivity index (χ0) is 37.3. The second-order valence-electron chi connectivity index (χ2n) is 14.3. The van der Waals surface area contributed by atoms with Gasteiger partial charge in [0.25, 0.3) is 0 Å². The standard InChI is InChI=1S/C44H33Cl2N3O5/c45-26-10-7-13-30(22-26)49-41(52)36-24-35-32(39(33-19-18-31(50)23-37(33)46)44(36,43(49)54)25-8-3-1-4-9-25)20-21-34-38(35)42(53)48(40(34)51)29-16-14-28(15-17-29)47-27-11-5-2-6-12-27/h1-20,22-23,34-36,38-39,47,50H,21,24H2. The fourth-order valence-electron chi connectivity index (χ4n) is 9.47. The summed E-state index contributed by atoms with van der Waals surface area (Å²) in [6, 6.07) is 37.4. The summed E-state index contributed by atoms with van der Waals surface area (Å²) >= 11 is 13.4. The van der Waals surface area contributed by atoms with Gasteiger partial charge in [-0.2, -0.15) is 0 Å². The quantitative estimate of drug-likeness (QED) is 0.133. The number of benzene rings is 5. The Morgan fingerprint density at radius 3 is 2.07 bits per heavy atom. The first kappa shape index (κ1) is 34.1. The van der Waals surface area contributed by atoms with Crippen LogP contribution in [-0.4, -0.2) is 28.7 Å². The van der Waals surface area contributed by atoms with Crippen molar-refractivity contribution in [2.75, 3.05) is 15.1 Å². The van der Waals surface area contributed by atoms with Crippen molar-refractivity contribution in [3.05, 3.63) is 160 Å². The average Bonchev–Trinajstić information content (AvgIpc) is 3.57. The Labute approximate surface area is 321 Å². The van der Waals surface area contributed by atoms with Gasteiger partial charge < -0.3 is 10.4 Å². The van der Waals surface area contributed by atoms with Crippen LogP contribution in [0.25, 0.3) is 0 Å². The highest BCUT2D eigenvalue weighted by Crippen LogP contribution is 2.65. The SMILES string of the molecule is O=C1C2CC=C3C(CC4C(=O)N(c5cccc(Cl)c5)C(=O)C4(c4ccccc4)C3c3ccc(O)cc3Cl)C2C(=O)N1c1ccc(Nc2ccccc2)cc1. The second-order valence-corrected chi connectivity index (χ2v) is 15.2. The van der Waals surface area contributed by atoms with Crippen molar-refractivity contribution in [3.63, 3.8) is 0 Å². The Hall–Kier alpha value is -5.70. The van der Waals surface area contributed by atoms with E-state index in [-0.39, 0.29) is 35.4 Å². The normalized spacial score (nSPS) is 26.0. The average molecular weight is 755 g/mol. The van der Waals surface area contributed by atoms with Crippen LogP contribution in [0.1, 0.15) is 29.9 Å². The molecule has 2 N–H and O–H groups in total. The van der Waals surface area contributed by atoms with Crippen molar-refractivity contribution in [1.82, 2.24) is 0 Å². The fourth-order valence-corrected chi connectivity index (χ4v) is 9.94. The molecule has 6 unspecified atom stereocenters. The molecule has 9 rings (SSSR count). The predicted octanol–water partition coefficient (Wildman–Crippen LogP) is 8.81. The molecule has 268 valence electrons. The van der Waals surface area contributed by atoms with Gasteiger partial charge in [0, 0.05) is 27.3 Å². The van der Waals surface area contributed by atoms with Crippen LogP contribution in [0.5, 0.6) is 5.75 Å². The van der Waals surface area contributed by atoms with Crippen LogP contribution >= 0.6 is 23.2 Å². The van der Waals surface area contributed by atoms with Crippen LogP contribution in [0.3, 0.4) is 0 Å². The number of phenolic OH excluding ortho intramolecular Hbond substituents is 1. The lowest BCUT2D eigenvalue weighted by atomic mass is 9.49. The maximum atomic E-state index is 15.4. The number of hydrogen-bond donors (Lipinski definition) is 2. The number of nitrogens with zero attached hydrogens (tertiary/aromatic N) is 2. The van der Waals surface area contributed by atoms with E-state index in [1.54, 1.807) is 42.5 Å². The van der Waals surface area contributed by atoms with Gasteiger partial charge in [-0.3, -0.25) is 24.1 Å². The smallest absolute Gasteiger partial charge is 0.246 e. The van der Waals surface area contributed by atoms with E-state index in [0.29, 0.717) is 27.5 Å². The number of anilines is 4. The summed E-state index contributed by atoms with van der Waals surface area (Å²) in [5, 5.41) is 14.4. The third-order valence-corrected chi connectivity index (χ3v) is 12.2. The van der Waals surface area contributed by atoms with Crippen LogP contribution in [0.4, 0.5) is 22.7 Å². The monoisotopic (exact) mass is 753 g/mol. The van der Waals surface area contributed by atoms with Crippen molar-refractivity contribution >= 4 is 69.6 Å². The van der Waals surface area contributed by atoms with E-state index in [4.69, 9.17) is 23.2 Å². The molecule has 2 aliphatic carbocycles. The molecule has 0 radical (unpaired) electrons. The van der Waals surface area contributed by atoms with Crippen molar-refractivity contribution in [2.45, 2.75) is 24.2 Å².